The third-order valence-corrected chi connectivity index (χ3v) is 5.20. The number of urea groups is 1. The van der Waals surface area contributed by atoms with Crippen LogP contribution in [0.1, 0.15) is 26.7 Å². The number of fused-ring (bicyclic) bond motifs is 1. The Labute approximate surface area is 137 Å². The predicted octanol–water partition coefficient (Wildman–Crippen LogP) is 0.454. The Morgan fingerprint density at radius 3 is 2.43 bits per heavy atom. The largest absolute Gasteiger partial charge is 0.333 e. The molecule has 0 aromatic heterocycles. The van der Waals surface area contributed by atoms with Gasteiger partial charge in [-0.1, -0.05) is 6.92 Å². The topological polar surface area (TPSA) is 59.2 Å². The van der Waals surface area contributed by atoms with Gasteiger partial charge < -0.3 is 0 Å². The summed E-state index contributed by atoms with van der Waals surface area (Å²) in [5, 5.41) is 0. The average Bonchev–Trinajstić information content (AvgIpc) is 2.91. The molecule has 2 saturated heterocycles. The van der Waals surface area contributed by atoms with E-state index in [0.717, 1.165) is 31.4 Å². The van der Waals surface area contributed by atoms with Crippen molar-refractivity contribution in [3.8, 4) is 0 Å². The van der Waals surface area contributed by atoms with E-state index in [1.54, 1.807) is 7.05 Å². The molecule has 126 valence electrons. The van der Waals surface area contributed by atoms with E-state index < -0.39 is 6.04 Å². The molecule has 3 amide bonds. The molecule has 0 bridgehead atoms. The van der Waals surface area contributed by atoms with Crippen LogP contribution in [0.3, 0.4) is 0 Å². The molecule has 1 unspecified atom stereocenters. The van der Waals surface area contributed by atoms with Crippen LogP contribution in [0, 0.1) is 5.92 Å². The fraction of sp³-hybridized carbons (Fsp3) is 0.750. The maximum atomic E-state index is 12.5. The Bertz CT molecular complexity index is 589. The van der Waals surface area contributed by atoms with E-state index in [-0.39, 0.29) is 11.9 Å². The van der Waals surface area contributed by atoms with E-state index in [9.17, 15) is 9.59 Å². The number of hydrogen-bond donors (Lipinski definition) is 0. The van der Waals surface area contributed by atoms with E-state index in [2.05, 4.69) is 16.8 Å². The number of likely N-dealkylation sites (tertiary alicyclic amines) is 1. The number of carbonyl (C=O) groups is 2. The molecule has 0 aromatic rings. The van der Waals surface area contributed by atoms with Gasteiger partial charge in [-0.2, -0.15) is 0 Å². The number of likely N-dealkylation sites (N-methyl/N-ethyl adjacent to an activating group) is 3. The highest BCUT2D eigenvalue weighted by Gasteiger charge is 2.52. The molecule has 3 aliphatic heterocycles. The van der Waals surface area contributed by atoms with Crippen molar-refractivity contribution < 1.29 is 14.2 Å². The zero-order valence-corrected chi connectivity index (χ0v) is 14.4. The van der Waals surface area contributed by atoms with E-state index in [4.69, 9.17) is 0 Å². The molecule has 2 fully saturated rings. The highest BCUT2D eigenvalue weighted by Crippen LogP contribution is 2.20. The molecule has 0 aromatic carbocycles. The van der Waals surface area contributed by atoms with Crippen LogP contribution in [-0.2, 0) is 4.79 Å². The highest BCUT2D eigenvalue weighted by atomic mass is 16.2. The predicted molar refractivity (Wildman–Crippen MR) is 87.8 cm³/mol. The Balaban J connectivity index is 1.85. The molecule has 7 heteroatoms. The average molecular weight is 320 g/mol. The van der Waals surface area contributed by atoms with Crippen LogP contribution in [0.25, 0.3) is 0 Å². The summed E-state index contributed by atoms with van der Waals surface area (Å²) in [4.78, 5) is 34.4. The molecule has 0 N–H and O–H groups in total. The molecule has 1 atom stereocenters. The van der Waals surface area contributed by atoms with Crippen LogP contribution in [0.5, 0.6) is 0 Å². The number of amides is 3. The summed E-state index contributed by atoms with van der Waals surface area (Å²) < 4.78 is 2.04. The van der Waals surface area contributed by atoms with Crippen molar-refractivity contribution in [1.82, 2.24) is 14.7 Å². The Morgan fingerprint density at radius 1 is 1.17 bits per heavy atom. The zero-order chi connectivity index (χ0) is 16.7. The molecule has 3 rings (SSSR count). The van der Waals surface area contributed by atoms with Crippen LogP contribution in [0.4, 0.5) is 4.79 Å². The lowest BCUT2D eigenvalue weighted by Crippen LogP contribution is -2.61. The van der Waals surface area contributed by atoms with Gasteiger partial charge in [-0.25, -0.2) is 9.37 Å². The maximum Gasteiger partial charge on any atom is 0.333 e. The minimum absolute atomic E-state index is 0.184. The molecule has 0 spiro atoms. The van der Waals surface area contributed by atoms with E-state index in [0.29, 0.717) is 12.4 Å². The fourth-order valence-electron chi connectivity index (χ4n) is 3.56. The van der Waals surface area contributed by atoms with Crippen molar-refractivity contribution in [2.24, 2.45) is 10.9 Å². The van der Waals surface area contributed by atoms with Crippen molar-refractivity contribution >= 4 is 23.6 Å². The lowest BCUT2D eigenvalue weighted by molar-refractivity contribution is -0.532. The van der Waals surface area contributed by atoms with E-state index >= 15 is 0 Å². The van der Waals surface area contributed by atoms with Gasteiger partial charge in [0.15, 0.2) is 0 Å². The second kappa shape index (κ2) is 6.03. The summed E-state index contributed by atoms with van der Waals surface area (Å²) in [5.41, 5.74) is 0. The number of piperidine rings is 1. The van der Waals surface area contributed by atoms with Crippen LogP contribution < -0.4 is 0 Å². The highest BCUT2D eigenvalue weighted by molar-refractivity contribution is 6.23. The van der Waals surface area contributed by atoms with Gasteiger partial charge in [0.1, 0.15) is 6.54 Å². The molecular weight excluding hydrogens is 294 g/mol. The minimum Gasteiger partial charge on any atom is -0.292 e. The number of imide groups is 1. The fourth-order valence-corrected chi connectivity index (χ4v) is 3.56. The first-order valence-corrected chi connectivity index (χ1v) is 8.42. The molecule has 3 aliphatic rings. The number of aliphatic imine (C=N–C) groups is 1. The number of amidine groups is 2. The second-order valence-electron chi connectivity index (χ2n) is 6.77. The van der Waals surface area contributed by atoms with Gasteiger partial charge in [0.25, 0.3) is 17.8 Å². The quantitative estimate of drug-likeness (QED) is 0.710. The number of carbonyl (C=O) groups excluding carboxylic acids is 2. The van der Waals surface area contributed by atoms with Crippen molar-refractivity contribution in [2.45, 2.75) is 32.7 Å². The molecule has 0 saturated carbocycles. The maximum absolute atomic E-state index is 12.5. The SMILES string of the molecule is CC[N+]1=C(CN2CCC(C)CC2)N=C2C1C(=O)N(C)C(=O)N2C. The molecule has 7 nitrogen and oxygen atoms in total. The molecule has 23 heavy (non-hydrogen) atoms. The van der Waals surface area contributed by atoms with Gasteiger partial charge >= 0.3 is 11.9 Å². The normalized spacial score (nSPS) is 27.0. The van der Waals surface area contributed by atoms with Crippen LogP contribution in [0.2, 0.25) is 0 Å². The van der Waals surface area contributed by atoms with Gasteiger partial charge in [-0.3, -0.25) is 19.5 Å². The monoisotopic (exact) mass is 320 g/mol. The zero-order valence-electron chi connectivity index (χ0n) is 14.4. The molecular formula is C16H26N5O2+. The lowest BCUT2D eigenvalue weighted by Gasteiger charge is -2.30. The standard InChI is InChI=1S/C16H26N5O2/c1-5-21-12(10-20-8-6-11(2)7-9-20)17-14-13(21)15(22)19(4)16(23)18(14)3/h11,13H,5-10H2,1-4H3/q+1. The molecule has 0 radical (unpaired) electrons. The summed E-state index contributed by atoms with van der Waals surface area (Å²) in [6.45, 7) is 7.92. The Hall–Kier alpha value is -1.76. The Kier molecular flexibility index (Phi) is 4.23. The summed E-state index contributed by atoms with van der Waals surface area (Å²) in [7, 11) is 3.23. The number of rotatable bonds is 3. The minimum atomic E-state index is -0.452. The van der Waals surface area contributed by atoms with E-state index in [1.807, 2.05) is 11.5 Å². The van der Waals surface area contributed by atoms with Gasteiger partial charge in [0, 0.05) is 14.1 Å². The van der Waals surface area contributed by atoms with E-state index in [1.165, 1.54) is 29.7 Å². The van der Waals surface area contributed by atoms with Crippen LogP contribution in [-0.4, -0.2) is 89.2 Å². The van der Waals surface area contributed by atoms with Crippen molar-refractivity contribution in [1.29, 1.82) is 0 Å². The van der Waals surface area contributed by atoms with Crippen LogP contribution >= 0.6 is 0 Å². The summed E-state index contributed by atoms with van der Waals surface area (Å²) >= 11 is 0. The summed E-state index contributed by atoms with van der Waals surface area (Å²) in [5.74, 6) is 2.08. The smallest absolute Gasteiger partial charge is 0.292 e. The van der Waals surface area contributed by atoms with Crippen molar-refractivity contribution in [2.75, 3.05) is 40.3 Å². The first kappa shape index (κ1) is 16.1. The molecule has 0 aliphatic carbocycles. The molecule has 3 heterocycles. The van der Waals surface area contributed by atoms with Gasteiger partial charge in [-0.15, -0.1) is 0 Å². The van der Waals surface area contributed by atoms with Gasteiger partial charge in [0.05, 0.1) is 6.54 Å². The third kappa shape index (κ3) is 2.67. The first-order chi connectivity index (χ1) is 10.9. The summed E-state index contributed by atoms with van der Waals surface area (Å²) in [6.07, 6.45) is 2.42. The third-order valence-electron chi connectivity index (χ3n) is 5.20. The Morgan fingerprint density at radius 2 is 1.83 bits per heavy atom. The summed E-state index contributed by atoms with van der Waals surface area (Å²) in [6, 6.07) is -0.763. The van der Waals surface area contributed by atoms with Crippen LogP contribution in [0.15, 0.2) is 4.99 Å². The van der Waals surface area contributed by atoms with Crippen molar-refractivity contribution in [3.05, 3.63) is 0 Å². The lowest BCUT2D eigenvalue weighted by atomic mass is 9.99. The van der Waals surface area contributed by atoms with Crippen molar-refractivity contribution in [3.63, 3.8) is 0 Å². The number of hydrogen-bond acceptors (Lipinski definition) is 4. The first-order valence-electron chi connectivity index (χ1n) is 8.42. The number of nitrogens with zero attached hydrogens (tertiary/aromatic N) is 5. The van der Waals surface area contributed by atoms with Gasteiger partial charge in [0.2, 0.25) is 0 Å². The van der Waals surface area contributed by atoms with Gasteiger partial charge in [-0.05, 0) is 43.8 Å². The second-order valence-corrected chi connectivity index (χ2v) is 6.77.